The van der Waals surface area contributed by atoms with E-state index >= 15 is 0 Å². The van der Waals surface area contributed by atoms with Gasteiger partial charge in [0.1, 0.15) is 0 Å². The van der Waals surface area contributed by atoms with E-state index in [1.807, 2.05) is 0 Å². The van der Waals surface area contributed by atoms with Crippen molar-refractivity contribution >= 4 is 10.9 Å². The number of hydrogen-bond donors (Lipinski definition) is 1. The van der Waals surface area contributed by atoms with Gasteiger partial charge in [0.05, 0.1) is 5.52 Å². The van der Waals surface area contributed by atoms with Crippen LogP contribution < -0.4 is 5.32 Å². The van der Waals surface area contributed by atoms with Crippen LogP contribution in [0.3, 0.4) is 0 Å². The van der Waals surface area contributed by atoms with Crippen molar-refractivity contribution in [2.45, 2.75) is 72.0 Å². The molecule has 0 radical (unpaired) electrons. The van der Waals surface area contributed by atoms with E-state index in [-0.39, 0.29) is 0 Å². The van der Waals surface area contributed by atoms with E-state index in [4.69, 9.17) is 0 Å². The number of benzene rings is 1. The van der Waals surface area contributed by atoms with Crippen molar-refractivity contribution in [1.29, 1.82) is 0 Å². The van der Waals surface area contributed by atoms with Crippen molar-refractivity contribution < 1.29 is 0 Å². The van der Waals surface area contributed by atoms with Gasteiger partial charge in [-0.3, -0.25) is 0 Å². The maximum atomic E-state index is 3.54. The predicted molar refractivity (Wildman–Crippen MR) is 92.7 cm³/mol. The molecule has 0 aliphatic carbocycles. The van der Waals surface area contributed by atoms with Crippen molar-refractivity contribution in [3.8, 4) is 0 Å². The van der Waals surface area contributed by atoms with Crippen LogP contribution in [0.4, 0.5) is 0 Å². The number of nitrogens with zero attached hydrogens (tertiary/aromatic N) is 1. The highest BCUT2D eigenvalue weighted by Crippen LogP contribution is 2.21. The number of fused-ring (bicyclic) bond motifs is 1. The van der Waals surface area contributed by atoms with Crippen LogP contribution in [0.25, 0.3) is 10.9 Å². The first-order valence-electron chi connectivity index (χ1n) is 8.52. The second-order valence-corrected chi connectivity index (χ2v) is 6.31. The summed E-state index contributed by atoms with van der Waals surface area (Å²) in [6.45, 7) is 8.77. The molecule has 2 aromatic rings. The Morgan fingerprint density at radius 1 is 1.05 bits per heavy atom. The zero-order chi connectivity index (χ0) is 15.1. The molecular weight excluding hydrogens is 256 g/mol. The summed E-state index contributed by atoms with van der Waals surface area (Å²) in [6.07, 6.45) is 8.95. The Kier molecular flexibility index (Phi) is 6.31. The summed E-state index contributed by atoms with van der Waals surface area (Å²) in [6, 6.07) is 9.43. The van der Waals surface area contributed by atoms with E-state index in [1.54, 1.807) is 0 Å². The SMILES string of the molecule is CCCCCCCn1ccc2cccc(CNC(C)C)c21. The molecule has 21 heavy (non-hydrogen) atoms. The second kappa shape index (κ2) is 8.23. The maximum absolute atomic E-state index is 3.54. The largest absolute Gasteiger partial charge is 0.347 e. The van der Waals surface area contributed by atoms with Crippen molar-refractivity contribution in [3.63, 3.8) is 0 Å². The first kappa shape index (κ1) is 16.1. The van der Waals surface area contributed by atoms with Gasteiger partial charge in [-0.1, -0.05) is 64.7 Å². The monoisotopic (exact) mass is 286 g/mol. The Balaban J connectivity index is 2.05. The van der Waals surface area contributed by atoms with Gasteiger partial charge in [0.25, 0.3) is 0 Å². The molecule has 0 amide bonds. The highest BCUT2D eigenvalue weighted by atomic mass is 15.0. The minimum Gasteiger partial charge on any atom is -0.347 e. The third kappa shape index (κ3) is 4.60. The molecule has 0 aliphatic rings. The predicted octanol–water partition coefficient (Wildman–Crippen LogP) is 5.11. The topological polar surface area (TPSA) is 17.0 Å². The fourth-order valence-corrected chi connectivity index (χ4v) is 2.87. The Bertz CT molecular complexity index is 539. The number of para-hydroxylation sites is 1. The Hall–Kier alpha value is -1.28. The van der Waals surface area contributed by atoms with Crippen LogP contribution in [-0.4, -0.2) is 10.6 Å². The highest BCUT2D eigenvalue weighted by molar-refractivity contribution is 5.83. The van der Waals surface area contributed by atoms with Crippen molar-refractivity contribution in [3.05, 3.63) is 36.0 Å². The minimum absolute atomic E-state index is 0.526. The Morgan fingerprint density at radius 3 is 2.62 bits per heavy atom. The molecule has 1 N–H and O–H groups in total. The van der Waals surface area contributed by atoms with Gasteiger partial charge in [-0.15, -0.1) is 0 Å². The van der Waals surface area contributed by atoms with Gasteiger partial charge < -0.3 is 9.88 Å². The van der Waals surface area contributed by atoms with Crippen LogP contribution in [0, 0.1) is 0 Å². The lowest BCUT2D eigenvalue weighted by atomic mass is 10.1. The van der Waals surface area contributed by atoms with Gasteiger partial charge in [0.2, 0.25) is 0 Å². The van der Waals surface area contributed by atoms with E-state index < -0.39 is 0 Å². The summed E-state index contributed by atoms with van der Waals surface area (Å²) >= 11 is 0. The zero-order valence-corrected chi connectivity index (χ0v) is 13.9. The number of unbranched alkanes of at least 4 members (excludes halogenated alkanes) is 4. The van der Waals surface area contributed by atoms with Gasteiger partial charge >= 0.3 is 0 Å². The van der Waals surface area contributed by atoms with E-state index in [2.05, 4.69) is 61.1 Å². The quantitative estimate of drug-likeness (QED) is 0.634. The lowest BCUT2D eigenvalue weighted by Crippen LogP contribution is -2.22. The van der Waals surface area contributed by atoms with Crippen molar-refractivity contribution in [2.24, 2.45) is 0 Å². The van der Waals surface area contributed by atoms with Crippen LogP contribution in [-0.2, 0) is 13.1 Å². The van der Waals surface area contributed by atoms with E-state index in [9.17, 15) is 0 Å². The van der Waals surface area contributed by atoms with Gasteiger partial charge in [0.15, 0.2) is 0 Å². The summed E-state index contributed by atoms with van der Waals surface area (Å²) in [4.78, 5) is 0. The number of aromatic nitrogens is 1. The first-order valence-corrected chi connectivity index (χ1v) is 8.52. The number of hydrogen-bond acceptors (Lipinski definition) is 1. The maximum Gasteiger partial charge on any atom is 0.0525 e. The molecule has 2 heteroatoms. The average molecular weight is 286 g/mol. The zero-order valence-electron chi connectivity index (χ0n) is 13.9. The molecule has 0 saturated heterocycles. The van der Waals surface area contributed by atoms with Gasteiger partial charge in [-0.05, 0) is 23.4 Å². The fraction of sp³-hybridized carbons (Fsp3) is 0.579. The Morgan fingerprint density at radius 2 is 1.86 bits per heavy atom. The molecule has 1 heterocycles. The van der Waals surface area contributed by atoms with Crippen LogP contribution in [0.15, 0.2) is 30.5 Å². The molecule has 0 aliphatic heterocycles. The second-order valence-electron chi connectivity index (χ2n) is 6.31. The van der Waals surface area contributed by atoms with E-state index in [1.165, 1.54) is 48.6 Å². The van der Waals surface area contributed by atoms with Crippen LogP contribution >= 0.6 is 0 Å². The summed E-state index contributed by atoms with van der Waals surface area (Å²) in [5.41, 5.74) is 2.83. The smallest absolute Gasteiger partial charge is 0.0525 e. The van der Waals surface area contributed by atoms with Gasteiger partial charge in [0, 0.05) is 25.3 Å². The molecule has 116 valence electrons. The Labute approximate surface area is 129 Å². The van der Waals surface area contributed by atoms with E-state index in [0.717, 1.165) is 13.1 Å². The van der Waals surface area contributed by atoms with Crippen LogP contribution in [0.5, 0.6) is 0 Å². The molecule has 1 aromatic heterocycles. The van der Waals surface area contributed by atoms with Crippen LogP contribution in [0.1, 0.15) is 58.4 Å². The first-order chi connectivity index (χ1) is 10.2. The lowest BCUT2D eigenvalue weighted by Gasteiger charge is -2.12. The number of aryl methyl sites for hydroxylation is 1. The summed E-state index contributed by atoms with van der Waals surface area (Å²) in [7, 11) is 0. The molecule has 1 aromatic carbocycles. The third-order valence-corrected chi connectivity index (χ3v) is 4.08. The molecular formula is C19H30N2. The number of nitrogens with one attached hydrogen (secondary N) is 1. The highest BCUT2D eigenvalue weighted by Gasteiger charge is 2.06. The molecule has 2 nitrogen and oxygen atoms in total. The minimum atomic E-state index is 0.526. The average Bonchev–Trinajstić information content (AvgIpc) is 2.89. The normalized spacial score (nSPS) is 11.6. The lowest BCUT2D eigenvalue weighted by molar-refractivity contribution is 0.571. The van der Waals surface area contributed by atoms with Crippen molar-refractivity contribution in [1.82, 2.24) is 9.88 Å². The molecule has 0 bridgehead atoms. The third-order valence-electron chi connectivity index (χ3n) is 4.08. The van der Waals surface area contributed by atoms with Crippen molar-refractivity contribution in [2.75, 3.05) is 0 Å². The fourth-order valence-electron chi connectivity index (χ4n) is 2.87. The standard InChI is InChI=1S/C19H30N2/c1-4-5-6-7-8-13-21-14-12-17-10-9-11-18(19(17)21)15-20-16(2)3/h9-12,14,16,20H,4-8,13,15H2,1-3H3. The molecule has 0 fully saturated rings. The molecule has 2 rings (SSSR count). The molecule has 0 saturated carbocycles. The van der Waals surface area contributed by atoms with Crippen LogP contribution in [0.2, 0.25) is 0 Å². The summed E-state index contributed by atoms with van der Waals surface area (Å²) in [5.74, 6) is 0. The van der Waals surface area contributed by atoms with Gasteiger partial charge in [-0.25, -0.2) is 0 Å². The summed E-state index contributed by atoms with van der Waals surface area (Å²) < 4.78 is 2.44. The molecule has 0 unspecified atom stereocenters. The number of rotatable bonds is 9. The molecule has 0 spiro atoms. The van der Waals surface area contributed by atoms with Gasteiger partial charge in [-0.2, -0.15) is 0 Å². The summed E-state index contributed by atoms with van der Waals surface area (Å²) in [5, 5.41) is 4.91. The molecule has 0 atom stereocenters. The van der Waals surface area contributed by atoms with E-state index in [0.29, 0.717) is 6.04 Å².